The van der Waals surface area contributed by atoms with Gasteiger partial charge in [0, 0.05) is 36.0 Å². The summed E-state index contributed by atoms with van der Waals surface area (Å²) in [6.45, 7) is 3.28. The number of ether oxygens (including phenoxy) is 1. The Labute approximate surface area is 189 Å². The monoisotopic (exact) mass is 431 g/mol. The van der Waals surface area contributed by atoms with Crippen molar-refractivity contribution in [3.05, 3.63) is 90.0 Å². The molecule has 0 radical (unpaired) electrons. The van der Waals surface area contributed by atoms with Crippen molar-refractivity contribution in [1.82, 2.24) is 5.32 Å². The highest BCUT2D eigenvalue weighted by Gasteiger charge is 2.07. The second-order valence-corrected chi connectivity index (χ2v) is 7.35. The van der Waals surface area contributed by atoms with Crippen molar-refractivity contribution in [1.29, 1.82) is 0 Å². The fraction of sp³-hybridized carbons (Fsp3) is 0.231. The zero-order valence-electron chi connectivity index (χ0n) is 18.3. The number of benzene rings is 3. The molecular formula is C26H29N3O3. The van der Waals surface area contributed by atoms with Crippen LogP contribution >= 0.6 is 0 Å². The van der Waals surface area contributed by atoms with E-state index in [0.717, 1.165) is 12.8 Å². The topological polar surface area (TPSA) is 79.5 Å². The minimum Gasteiger partial charge on any atom is -0.493 e. The van der Waals surface area contributed by atoms with E-state index < -0.39 is 0 Å². The highest BCUT2D eigenvalue weighted by atomic mass is 16.5. The second-order valence-electron chi connectivity index (χ2n) is 7.35. The van der Waals surface area contributed by atoms with Crippen LogP contribution in [0.1, 0.15) is 29.3 Å². The van der Waals surface area contributed by atoms with Crippen LogP contribution in [0.5, 0.6) is 5.75 Å². The molecule has 0 aliphatic rings. The van der Waals surface area contributed by atoms with E-state index in [2.05, 4.69) is 28.1 Å². The molecule has 0 bridgehead atoms. The second kappa shape index (κ2) is 12.2. The van der Waals surface area contributed by atoms with Gasteiger partial charge in [-0.3, -0.25) is 9.59 Å². The predicted molar refractivity (Wildman–Crippen MR) is 128 cm³/mol. The van der Waals surface area contributed by atoms with Crippen molar-refractivity contribution in [3.8, 4) is 5.75 Å². The summed E-state index contributed by atoms with van der Waals surface area (Å²) in [4.78, 5) is 24.5. The zero-order chi connectivity index (χ0) is 22.6. The van der Waals surface area contributed by atoms with E-state index in [1.54, 1.807) is 18.2 Å². The lowest BCUT2D eigenvalue weighted by atomic mass is 10.2. The number of carbonyl (C=O) groups excluding carboxylic acids is 2. The molecule has 3 aromatic rings. The van der Waals surface area contributed by atoms with Gasteiger partial charge in [-0.05, 0) is 42.3 Å². The van der Waals surface area contributed by atoms with E-state index >= 15 is 0 Å². The minimum atomic E-state index is -0.188. The number of rotatable bonds is 11. The van der Waals surface area contributed by atoms with Gasteiger partial charge in [0.05, 0.1) is 13.2 Å². The largest absolute Gasteiger partial charge is 0.493 e. The molecule has 0 aliphatic heterocycles. The van der Waals surface area contributed by atoms with Crippen molar-refractivity contribution in [2.45, 2.75) is 19.8 Å². The van der Waals surface area contributed by atoms with Gasteiger partial charge in [-0.1, -0.05) is 49.4 Å². The summed E-state index contributed by atoms with van der Waals surface area (Å²) in [6, 6.07) is 24.6. The fourth-order valence-corrected chi connectivity index (χ4v) is 3.09. The van der Waals surface area contributed by atoms with Crippen molar-refractivity contribution < 1.29 is 14.3 Å². The molecule has 0 saturated carbocycles. The summed E-state index contributed by atoms with van der Waals surface area (Å²) in [5.41, 5.74) is 3.16. The Balaban J connectivity index is 1.47. The van der Waals surface area contributed by atoms with Crippen LogP contribution in [0.4, 0.5) is 11.4 Å². The first-order chi connectivity index (χ1) is 15.6. The molecule has 0 heterocycles. The van der Waals surface area contributed by atoms with Gasteiger partial charge in [0.25, 0.3) is 5.91 Å². The molecule has 3 rings (SSSR count). The average Bonchev–Trinajstić information content (AvgIpc) is 2.82. The third-order valence-corrected chi connectivity index (χ3v) is 4.73. The van der Waals surface area contributed by atoms with Gasteiger partial charge >= 0.3 is 0 Å². The molecule has 0 fully saturated rings. The molecule has 6 nitrogen and oxygen atoms in total. The van der Waals surface area contributed by atoms with Crippen LogP contribution in [-0.2, 0) is 11.2 Å². The van der Waals surface area contributed by atoms with Gasteiger partial charge in [-0.2, -0.15) is 0 Å². The minimum absolute atomic E-state index is 0.0825. The lowest BCUT2D eigenvalue weighted by Gasteiger charge is -2.11. The molecular weight excluding hydrogens is 402 g/mol. The molecule has 0 atom stereocenters. The Morgan fingerprint density at radius 2 is 1.66 bits per heavy atom. The van der Waals surface area contributed by atoms with Crippen LogP contribution in [0.2, 0.25) is 0 Å². The summed E-state index contributed by atoms with van der Waals surface area (Å²) in [5.74, 6) is 0.397. The van der Waals surface area contributed by atoms with Crippen molar-refractivity contribution in [2.24, 2.45) is 0 Å². The number of nitrogens with one attached hydrogen (secondary N) is 3. The van der Waals surface area contributed by atoms with E-state index in [1.165, 1.54) is 5.56 Å². The van der Waals surface area contributed by atoms with Gasteiger partial charge in [-0.15, -0.1) is 0 Å². The molecule has 0 unspecified atom stereocenters. The number of hydrogen-bond acceptors (Lipinski definition) is 4. The smallest absolute Gasteiger partial charge is 0.251 e. The zero-order valence-corrected chi connectivity index (χ0v) is 18.3. The average molecular weight is 432 g/mol. The van der Waals surface area contributed by atoms with Crippen LogP contribution < -0.4 is 20.7 Å². The predicted octanol–water partition coefficient (Wildman–Crippen LogP) is 4.50. The van der Waals surface area contributed by atoms with Crippen molar-refractivity contribution >= 4 is 23.2 Å². The van der Waals surface area contributed by atoms with Crippen LogP contribution in [0.3, 0.4) is 0 Å². The highest BCUT2D eigenvalue weighted by Crippen LogP contribution is 2.18. The molecule has 2 amide bonds. The maximum atomic E-state index is 12.4. The third kappa shape index (κ3) is 7.47. The molecule has 3 N–H and O–H groups in total. The maximum absolute atomic E-state index is 12.4. The molecule has 0 aliphatic carbocycles. The van der Waals surface area contributed by atoms with E-state index in [9.17, 15) is 9.59 Å². The Hall–Kier alpha value is -3.80. The highest BCUT2D eigenvalue weighted by molar-refractivity contribution is 5.96. The van der Waals surface area contributed by atoms with Gasteiger partial charge in [0.15, 0.2) is 0 Å². The summed E-state index contributed by atoms with van der Waals surface area (Å²) in [6.07, 6.45) is 1.69. The molecule has 3 aromatic carbocycles. The Kier molecular flexibility index (Phi) is 8.69. The van der Waals surface area contributed by atoms with Crippen molar-refractivity contribution in [2.75, 3.05) is 30.3 Å². The molecule has 166 valence electrons. The third-order valence-electron chi connectivity index (χ3n) is 4.73. The van der Waals surface area contributed by atoms with E-state index in [-0.39, 0.29) is 18.4 Å². The summed E-state index contributed by atoms with van der Waals surface area (Å²) in [7, 11) is 0. The summed E-state index contributed by atoms with van der Waals surface area (Å²) in [5, 5.41) is 8.77. The van der Waals surface area contributed by atoms with E-state index in [4.69, 9.17) is 4.74 Å². The number of anilines is 2. The summed E-state index contributed by atoms with van der Waals surface area (Å²) >= 11 is 0. The van der Waals surface area contributed by atoms with Crippen LogP contribution in [0, 0.1) is 0 Å². The van der Waals surface area contributed by atoms with Crippen LogP contribution in [0.25, 0.3) is 0 Å². The lowest BCUT2D eigenvalue weighted by molar-refractivity contribution is -0.114. The molecule has 6 heteroatoms. The fourth-order valence-electron chi connectivity index (χ4n) is 3.09. The number of amides is 2. The van der Waals surface area contributed by atoms with Gasteiger partial charge < -0.3 is 20.7 Å². The van der Waals surface area contributed by atoms with Crippen LogP contribution in [-0.4, -0.2) is 31.5 Å². The number of hydrogen-bond donors (Lipinski definition) is 3. The molecule has 32 heavy (non-hydrogen) atoms. The van der Waals surface area contributed by atoms with E-state index in [1.807, 2.05) is 55.5 Å². The SMILES string of the molecule is CCCNC(=O)c1cccc(NCC(=O)Nc2cccc(OCCc3ccccc3)c2)c1. The van der Waals surface area contributed by atoms with Crippen LogP contribution in [0.15, 0.2) is 78.9 Å². The Morgan fingerprint density at radius 1 is 0.875 bits per heavy atom. The number of carbonyl (C=O) groups is 2. The van der Waals surface area contributed by atoms with Gasteiger partial charge in [-0.25, -0.2) is 0 Å². The molecule has 0 spiro atoms. The molecule has 0 aromatic heterocycles. The molecule has 0 saturated heterocycles. The van der Waals surface area contributed by atoms with Gasteiger partial charge in [0.2, 0.25) is 5.91 Å². The Bertz CT molecular complexity index is 1020. The standard InChI is InChI=1S/C26H29N3O3/c1-2-15-27-26(31)21-10-6-11-22(17-21)28-19-25(30)29-23-12-7-13-24(18-23)32-16-14-20-8-4-3-5-9-20/h3-13,17-18,28H,2,14-16,19H2,1H3,(H,27,31)(H,29,30). The maximum Gasteiger partial charge on any atom is 0.251 e. The first-order valence-electron chi connectivity index (χ1n) is 10.8. The first kappa shape index (κ1) is 22.9. The summed E-state index contributed by atoms with van der Waals surface area (Å²) < 4.78 is 5.82. The van der Waals surface area contributed by atoms with Gasteiger partial charge in [0.1, 0.15) is 5.75 Å². The normalized spacial score (nSPS) is 10.3. The Morgan fingerprint density at radius 3 is 2.47 bits per heavy atom. The first-order valence-corrected chi connectivity index (χ1v) is 10.8. The quantitative estimate of drug-likeness (QED) is 0.418. The van der Waals surface area contributed by atoms with E-state index in [0.29, 0.717) is 35.8 Å². The van der Waals surface area contributed by atoms with Crippen molar-refractivity contribution in [3.63, 3.8) is 0 Å². The lowest BCUT2D eigenvalue weighted by Crippen LogP contribution is -2.24.